The van der Waals surface area contributed by atoms with Crippen LogP contribution in [-0.4, -0.2) is 16.5 Å². The number of benzene rings is 2. The SMILES string of the molecule is Oc1ccc(C=[O+]Cc2ccc(O)cc2)cc1. The van der Waals surface area contributed by atoms with Gasteiger partial charge in [0.05, 0.1) is 5.56 Å². The Morgan fingerprint density at radius 1 is 0.824 bits per heavy atom. The summed E-state index contributed by atoms with van der Waals surface area (Å²) in [4.78, 5) is 0. The highest BCUT2D eigenvalue weighted by Crippen LogP contribution is 2.11. The van der Waals surface area contributed by atoms with Crippen molar-refractivity contribution in [1.29, 1.82) is 0 Å². The first-order valence-corrected chi connectivity index (χ1v) is 5.26. The Bertz CT molecular complexity index is 498. The number of aldehydes is 1. The van der Waals surface area contributed by atoms with Gasteiger partial charge in [-0.05, 0) is 48.5 Å². The number of phenolic OH excluding ortho intramolecular Hbond substituents is 2. The van der Waals surface area contributed by atoms with E-state index in [1.807, 2.05) is 0 Å². The summed E-state index contributed by atoms with van der Waals surface area (Å²) in [5, 5.41) is 18.2. The molecule has 2 rings (SSSR count). The van der Waals surface area contributed by atoms with Gasteiger partial charge in [0.15, 0.2) is 0 Å². The molecule has 0 saturated heterocycles. The molecule has 0 spiro atoms. The molecule has 0 bridgehead atoms. The maximum absolute atomic E-state index is 9.11. The van der Waals surface area contributed by atoms with Gasteiger partial charge in [-0.3, -0.25) is 4.42 Å². The highest BCUT2D eigenvalue weighted by atomic mass is 16.4. The van der Waals surface area contributed by atoms with Crippen LogP contribution in [0, 0.1) is 0 Å². The van der Waals surface area contributed by atoms with Gasteiger partial charge in [-0.1, -0.05) is 0 Å². The van der Waals surface area contributed by atoms with E-state index < -0.39 is 0 Å². The van der Waals surface area contributed by atoms with Crippen molar-refractivity contribution in [3.63, 3.8) is 0 Å². The Morgan fingerprint density at radius 2 is 1.35 bits per heavy atom. The largest absolute Gasteiger partial charge is 0.508 e. The van der Waals surface area contributed by atoms with Crippen LogP contribution in [0.3, 0.4) is 0 Å². The number of phenols is 2. The third-order valence-corrected chi connectivity index (χ3v) is 2.30. The average Bonchev–Trinajstić information content (AvgIpc) is 2.34. The molecular weight excluding hydrogens is 216 g/mol. The number of carbonyl (C=O) groups excluding carboxylic acids is 1. The Hall–Kier alpha value is -2.29. The van der Waals surface area contributed by atoms with Gasteiger partial charge in [-0.25, -0.2) is 0 Å². The third-order valence-electron chi connectivity index (χ3n) is 2.30. The van der Waals surface area contributed by atoms with Crippen molar-refractivity contribution >= 4 is 6.29 Å². The van der Waals surface area contributed by atoms with Gasteiger partial charge < -0.3 is 10.2 Å². The smallest absolute Gasteiger partial charge is 0.316 e. The molecule has 0 radical (unpaired) electrons. The van der Waals surface area contributed by atoms with Crippen molar-refractivity contribution in [2.75, 3.05) is 0 Å². The summed E-state index contributed by atoms with van der Waals surface area (Å²) in [7, 11) is 0. The van der Waals surface area contributed by atoms with Gasteiger partial charge in [0.25, 0.3) is 6.61 Å². The van der Waals surface area contributed by atoms with Gasteiger partial charge in [0.1, 0.15) is 11.5 Å². The first-order valence-electron chi connectivity index (χ1n) is 5.26. The van der Waals surface area contributed by atoms with Crippen molar-refractivity contribution in [2.24, 2.45) is 0 Å². The van der Waals surface area contributed by atoms with E-state index in [1.165, 1.54) is 0 Å². The highest BCUT2D eigenvalue weighted by Gasteiger charge is 1.99. The van der Waals surface area contributed by atoms with Crippen LogP contribution in [0.5, 0.6) is 11.5 Å². The first kappa shape index (κ1) is 11.2. The Balaban J connectivity index is 1.97. The van der Waals surface area contributed by atoms with E-state index in [1.54, 1.807) is 54.8 Å². The van der Waals surface area contributed by atoms with Crippen molar-refractivity contribution in [3.05, 3.63) is 59.7 Å². The van der Waals surface area contributed by atoms with Crippen LogP contribution in [0.25, 0.3) is 0 Å². The fraction of sp³-hybridized carbons (Fsp3) is 0.0714. The molecule has 0 aliphatic rings. The minimum atomic E-state index is 0.237. The van der Waals surface area contributed by atoms with E-state index in [2.05, 4.69) is 0 Å². The fourth-order valence-electron chi connectivity index (χ4n) is 1.38. The zero-order valence-electron chi connectivity index (χ0n) is 9.21. The van der Waals surface area contributed by atoms with E-state index in [4.69, 9.17) is 14.6 Å². The standard InChI is InChI=1S/C14H12O3/c15-13-5-1-11(2-6-13)9-17-10-12-3-7-14(16)8-4-12/h1-9H,10H2,(H-,15,16)/p+1. The lowest BCUT2D eigenvalue weighted by Gasteiger charge is -1.91. The maximum Gasteiger partial charge on any atom is 0.316 e. The zero-order valence-corrected chi connectivity index (χ0v) is 9.21. The van der Waals surface area contributed by atoms with Crippen LogP contribution in [-0.2, 0) is 6.61 Å². The molecule has 0 aliphatic carbocycles. The summed E-state index contributed by atoms with van der Waals surface area (Å²) in [6.45, 7) is 0.446. The number of aromatic hydroxyl groups is 2. The van der Waals surface area contributed by atoms with Crippen molar-refractivity contribution in [3.8, 4) is 11.5 Å². The summed E-state index contributed by atoms with van der Waals surface area (Å²) >= 11 is 0. The van der Waals surface area contributed by atoms with Crippen molar-refractivity contribution in [2.45, 2.75) is 6.61 Å². The lowest BCUT2D eigenvalue weighted by atomic mass is 10.2. The predicted octanol–water partition coefficient (Wildman–Crippen LogP) is 2.65. The second kappa shape index (κ2) is 5.16. The first-order chi connectivity index (χ1) is 8.24. The number of rotatable bonds is 3. The molecule has 0 aromatic heterocycles. The van der Waals surface area contributed by atoms with Crippen LogP contribution < -0.4 is 0 Å². The molecule has 0 atom stereocenters. The number of hydrogen-bond acceptors (Lipinski definition) is 2. The van der Waals surface area contributed by atoms with Crippen LogP contribution in [0.1, 0.15) is 15.6 Å². The summed E-state index contributed by atoms with van der Waals surface area (Å²) in [6, 6.07) is 13.6. The molecule has 2 N–H and O–H groups in total. The summed E-state index contributed by atoms with van der Waals surface area (Å²) in [6.07, 6.45) is 1.63. The van der Waals surface area contributed by atoms with Gasteiger partial charge in [0, 0.05) is 5.56 Å². The van der Waals surface area contributed by atoms with Crippen molar-refractivity contribution in [1.82, 2.24) is 0 Å². The van der Waals surface area contributed by atoms with Crippen LogP contribution in [0.15, 0.2) is 48.5 Å². The molecule has 3 nitrogen and oxygen atoms in total. The van der Waals surface area contributed by atoms with Crippen LogP contribution >= 0.6 is 0 Å². The zero-order chi connectivity index (χ0) is 12.1. The molecule has 2 aromatic rings. The van der Waals surface area contributed by atoms with Gasteiger partial charge in [0.2, 0.25) is 0 Å². The van der Waals surface area contributed by atoms with E-state index in [0.29, 0.717) is 6.61 Å². The monoisotopic (exact) mass is 229 g/mol. The molecule has 0 heterocycles. The minimum Gasteiger partial charge on any atom is -0.508 e. The quantitative estimate of drug-likeness (QED) is 0.628. The molecule has 0 saturated carbocycles. The molecule has 3 heteroatoms. The lowest BCUT2D eigenvalue weighted by molar-refractivity contribution is -0.282. The summed E-state index contributed by atoms with van der Waals surface area (Å²) < 4.78 is 5.40. The van der Waals surface area contributed by atoms with E-state index in [9.17, 15) is 0 Å². The van der Waals surface area contributed by atoms with E-state index >= 15 is 0 Å². The molecule has 0 fully saturated rings. The molecule has 0 amide bonds. The predicted molar refractivity (Wildman–Crippen MR) is 65.3 cm³/mol. The Kier molecular flexibility index (Phi) is 3.40. The Morgan fingerprint density at radius 3 is 1.94 bits per heavy atom. The molecule has 0 unspecified atom stereocenters. The average molecular weight is 229 g/mol. The number of hydrogen-bond donors (Lipinski definition) is 2. The van der Waals surface area contributed by atoms with Crippen molar-refractivity contribution < 1.29 is 14.6 Å². The molecule has 17 heavy (non-hydrogen) atoms. The van der Waals surface area contributed by atoms with Crippen LogP contribution in [0.4, 0.5) is 0 Å². The van der Waals surface area contributed by atoms with Gasteiger partial charge in [-0.15, -0.1) is 0 Å². The minimum absolute atomic E-state index is 0.237. The molecule has 0 aliphatic heterocycles. The second-order valence-corrected chi connectivity index (χ2v) is 3.69. The normalized spacial score (nSPS) is 10.8. The molecular formula is C14H13O3+. The Labute approximate surface area is 99.3 Å². The summed E-state index contributed by atoms with van der Waals surface area (Å²) in [5.74, 6) is 0.483. The van der Waals surface area contributed by atoms with Crippen LogP contribution in [0.2, 0.25) is 0 Å². The van der Waals surface area contributed by atoms with E-state index in [-0.39, 0.29) is 11.5 Å². The molecule has 86 valence electrons. The lowest BCUT2D eigenvalue weighted by Crippen LogP contribution is -1.84. The highest BCUT2D eigenvalue weighted by molar-refractivity contribution is 5.75. The van der Waals surface area contributed by atoms with E-state index in [0.717, 1.165) is 11.1 Å². The second-order valence-electron chi connectivity index (χ2n) is 3.69. The summed E-state index contributed by atoms with van der Waals surface area (Å²) in [5.41, 5.74) is 1.87. The van der Waals surface area contributed by atoms with Gasteiger partial charge in [-0.2, -0.15) is 0 Å². The topological polar surface area (TPSA) is 51.8 Å². The van der Waals surface area contributed by atoms with Gasteiger partial charge >= 0.3 is 6.29 Å². The maximum atomic E-state index is 9.11. The molecule has 2 aromatic carbocycles. The third kappa shape index (κ3) is 3.34. The fourth-order valence-corrected chi connectivity index (χ4v) is 1.38.